The van der Waals surface area contributed by atoms with Gasteiger partial charge in [-0.15, -0.1) is 0 Å². The number of ether oxygens (including phenoxy) is 2. The third kappa shape index (κ3) is 6.36. The average Bonchev–Trinajstić information content (AvgIpc) is 3.14. The van der Waals surface area contributed by atoms with Crippen LogP contribution in [0.15, 0.2) is 75.0 Å². The molecule has 1 amide bonds. The zero-order chi connectivity index (χ0) is 24.1. The molecule has 0 unspecified atom stereocenters. The molecule has 0 aromatic heterocycles. The molecule has 5 nitrogen and oxygen atoms in total. The van der Waals surface area contributed by atoms with Crippen molar-refractivity contribution in [2.45, 2.75) is 13.5 Å². The van der Waals surface area contributed by atoms with E-state index in [-0.39, 0.29) is 12.5 Å². The first-order valence-corrected chi connectivity index (χ1v) is 12.7. The van der Waals surface area contributed by atoms with E-state index in [9.17, 15) is 4.79 Å². The maximum absolute atomic E-state index is 12.6. The van der Waals surface area contributed by atoms with Crippen LogP contribution < -0.4 is 14.8 Å². The van der Waals surface area contributed by atoms with Crippen molar-refractivity contribution in [3.05, 3.63) is 91.2 Å². The highest BCUT2D eigenvalue weighted by Crippen LogP contribution is 2.33. The molecular formula is C25H19BrCl2N2O3S. The first kappa shape index (κ1) is 24.7. The van der Waals surface area contributed by atoms with E-state index < -0.39 is 0 Å². The number of amides is 1. The molecule has 1 saturated heterocycles. The number of aliphatic imine (C=N–C) groups is 1. The minimum atomic E-state index is -0.221. The lowest BCUT2D eigenvalue weighted by Gasteiger charge is -2.11. The second kappa shape index (κ2) is 11.3. The number of carbonyl (C=O) groups is 1. The highest BCUT2D eigenvalue weighted by Gasteiger charge is 2.24. The SMILES string of the molecule is CCOc1ccc(N=C2NC(=O)/C(=C\c3cc(Br)ccc3OCc3ccc(Cl)cc3Cl)S2)cc1. The number of benzene rings is 3. The Morgan fingerprint density at radius 1 is 1.06 bits per heavy atom. The summed E-state index contributed by atoms with van der Waals surface area (Å²) in [5.74, 6) is 1.17. The van der Waals surface area contributed by atoms with Gasteiger partial charge in [0.15, 0.2) is 5.17 Å². The van der Waals surface area contributed by atoms with Gasteiger partial charge in [-0.2, -0.15) is 0 Å². The van der Waals surface area contributed by atoms with Crippen LogP contribution in [0.3, 0.4) is 0 Å². The molecule has 0 saturated carbocycles. The van der Waals surface area contributed by atoms with Gasteiger partial charge in [-0.3, -0.25) is 4.79 Å². The third-order valence-electron chi connectivity index (χ3n) is 4.69. The molecule has 3 aromatic rings. The van der Waals surface area contributed by atoms with E-state index in [2.05, 4.69) is 26.2 Å². The highest BCUT2D eigenvalue weighted by molar-refractivity contribution is 9.10. The van der Waals surface area contributed by atoms with Gasteiger partial charge in [-0.25, -0.2) is 4.99 Å². The second-order valence-corrected chi connectivity index (χ2v) is 9.91. The summed E-state index contributed by atoms with van der Waals surface area (Å²) in [6.45, 7) is 2.79. The Morgan fingerprint density at radius 2 is 1.85 bits per heavy atom. The molecule has 1 aliphatic rings. The summed E-state index contributed by atoms with van der Waals surface area (Å²) in [6, 6.07) is 18.3. The number of hydrogen-bond donors (Lipinski definition) is 1. The van der Waals surface area contributed by atoms with Crippen molar-refractivity contribution in [2.24, 2.45) is 4.99 Å². The van der Waals surface area contributed by atoms with E-state index in [1.807, 2.05) is 55.5 Å². The Bertz CT molecular complexity index is 1280. The first-order valence-electron chi connectivity index (χ1n) is 10.3. The Morgan fingerprint density at radius 3 is 2.59 bits per heavy atom. The summed E-state index contributed by atoms with van der Waals surface area (Å²) in [4.78, 5) is 17.6. The van der Waals surface area contributed by atoms with E-state index in [0.717, 1.165) is 27.0 Å². The number of halogens is 3. The largest absolute Gasteiger partial charge is 0.494 e. The smallest absolute Gasteiger partial charge is 0.264 e. The molecule has 0 aliphatic carbocycles. The van der Waals surface area contributed by atoms with Crippen LogP contribution in [-0.2, 0) is 11.4 Å². The lowest BCUT2D eigenvalue weighted by Crippen LogP contribution is -2.19. The number of thioether (sulfide) groups is 1. The molecule has 0 spiro atoms. The molecule has 1 N–H and O–H groups in total. The van der Waals surface area contributed by atoms with Crippen LogP contribution in [0.5, 0.6) is 11.5 Å². The van der Waals surface area contributed by atoms with Gasteiger partial charge in [0, 0.05) is 25.6 Å². The van der Waals surface area contributed by atoms with E-state index in [1.54, 1.807) is 18.2 Å². The quantitative estimate of drug-likeness (QED) is 0.293. The minimum Gasteiger partial charge on any atom is -0.494 e. The van der Waals surface area contributed by atoms with Crippen LogP contribution in [0.1, 0.15) is 18.1 Å². The Labute approximate surface area is 220 Å². The van der Waals surface area contributed by atoms with Crippen molar-refractivity contribution in [3.63, 3.8) is 0 Å². The van der Waals surface area contributed by atoms with Gasteiger partial charge in [0.1, 0.15) is 18.1 Å². The van der Waals surface area contributed by atoms with E-state index in [1.165, 1.54) is 11.8 Å². The monoisotopic (exact) mass is 576 g/mol. The van der Waals surface area contributed by atoms with Gasteiger partial charge >= 0.3 is 0 Å². The molecule has 0 atom stereocenters. The summed E-state index contributed by atoms with van der Waals surface area (Å²) in [6.07, 6.45) is 1.78. The fourth-order valence-corrected chi connectivity index (χ4v) is 4.75. The van der Waals surface area contributed by atoms with Crippen molar-refractivity contribution >= 4 is 73.7 Å². The molecular weight excluding hydrogens is 559 g/mol. The van der Waals surface area contributed by atoms with Crippen LogP contribution in [0.4, 0.5) is 5.69 Å². The van der Waals surface area contributed by atoms with Crippen molar-refractivity contribution in [3.8, 4) is 11.5 Å². The van der Waals surface area contributed by atoms with Crippen LogP contribution >= 0.6 is 50.9 Å². The zero-order valence-electron chi connectivity index (χ0n) is 18.0. The number of amidine groups is 1. The van der Waals surface area contributed by atoms with Gasteiger partial charge in [-0.1, -0.05) is 45.2 Å². The summed E-state index contributed by atoms with van der Waals surface area (Å²) in [7, 11) is 0. The van der Waals surface area contributed by atoms with E-state index in [0.29, 0.717) is 32.5 Å². The molecule has 34 heavy (non-hydrogen) atoms. The Balaban J connectivity index is 1.52. The normalized spacial score (nSPS) is 15.6. The second-order valence-electron chi connectivity index (χ2n) is 7.12. The molecule has 4 rings (SSSR count). The Kier molecular flexibility index (Phi) is 8.21. The molecule has 1 aliphatic heterocycles. The van der Waals surface area contributed by atoms with Crippen LogP contribution in [0.2, 0.25) is 10.0 Å². The predicted molar refractivity (Wildman–Crippen MR) is 143 cm³/mol. The van der Waals surface area contributed by atoms with E-state index in [4.69, 9.17) is 32.7 Å². The van der Waals surface area contributed by atoms with Crippen molar-refractivity contribution in [2.75, 3.05) is 6.61 Å². The predicted octanol–water partition coefficient (Wildman–Crippen LogP) is 7.63. The van der Waals surface area contributed by atoms with Gasteiger partial charge in [0.05, 0.1) is 17.2 Å². The van der Waals surface area contributed by atoms with Crippen LogP contribution in [0, 0.1) is 0 Å². The third-order valence-corrected chi connectivity index (χ3v) is 6.68. The topological polar surface area (TPSA) is 59.9 Å². The Hall–Kier alpha value is -2.45. The number of hydrogen-bond acceptors (Lipinski definition) is 5. The van der Waals surface area contributed by atoms with Gasteiger partial charge in [0.25, 0.3) is 5.91 Å². The summed E-state index contributed by atoms with van der Waals surface area (Å²) in [5, 5.41) is 4.41. The molecule has 9 heteroatoms. The molecule has 3 aromatic carbocycles. The number of rotatable bonds is 7. The first-order chi connectivity index (χ1) is 16.4. The molecule has 1 fully saturated rings. The maximum atomic E-state index is 12.6. The van der Waals surface area contributed by atoms with Crippen LogP contribution in [-0.4, -0.2) is 17.7 Å². The number of nitrogens with one attached hydrogen (secondary N) is 1. The summed E-state index contributed by atoms with van der Waals surface area (Å²) in [5.41, 5.74) is 2.28. The fourth-order valence-electron chi connectivity index (χ4n) is 3.08. The lowest BCUT2D eigenvalue weighted by atomic mass is 10.1. The van der Waals surface area contributed by atoms with Gasteiger partial charge in [-0.05, 0) is 79.4 Å². The van der Waals surface area contributed by atoms with Crippen molar-refractivity contribution in [1.29, 1.82) is 0 Å². The zero-order valence-corrected chi connectivity index (χ0v) is 21.9. The van der Waals surface area contributed by atoms with E-state index >= 15 is 0 Å². The van der Waals surface area contributed by atoms with Gasteiger partial charge < -0.3 is 14.8 Å². The molecule has 0 radical (unpaired) electrons. The number of carbonyl (C=O) groups excluding carboxylic acids is 1. The maximum Gasteiger partial charge on any atom is 0.264 e. The average molecular weight is 578 g/mol. The fraction of sp³-hybridized carbons (Fsp3) is 0.120. The molecule has 0 bridgehead atoms. The standard InChI is InChI=1S/C25H19BrCl2N2O3S/c1-2-32-20-8-6-19(7-9-20)29-25-30-24(31)23(34-25)12-16-11-17(26)4-10-22(16)33-14-15-3-5-18(27)13-21(15)28/h3-13H,2,14H2,1H3,(H,29,30,31)/b23-12+. The number of nitrogens with zero attached hydrogens (tertiary/aromatic N) is 1. The van der Waals surface area contributed by atoms with Gasteiger partial charge in [0.2, 0.25) is 0 Å². The molecule has 1 heterocycles. The lowest BCUT2D eigenvalue weighted by molar-refractivity contribution is -0.115. The van der Waals surface area contributed by atoms with Crippen LogP contribution in [0.25, 0.3) is 6.08 Å². The van der Waals surface area contributed by atoms with Crippen molar-refractivity contribution < 1.29 is 14.3 Å². The van der Waals surface area contributed by atoms with Crippen molar-refractivity contribution in [1.82, 2.24) is 5.32 Å². The summed E-state index contributed by atoms with van der Waals surface area (Å²) < 4.78 is 12.3. The minimum absolute atomic E-state index is 0.221. The summed E-state index contributed by atoms with van der Waals surface area (Å²) >= 11 is 17.0. The molecule has 174 valence electrons. The highest BCUT2D eigenvalue weighted by atomic mass is 79.9.